The molecule has 0 bridgehead atoms. The van der Waals surface area contributed by atoms with Crippen LogP contribution in [0, 0.1) is 0 Å². The minimum atomic E-state index is -2.33. The van der Waals surface area contributed by atoms with E-state index in [-0.39, 0.29) is 0 Å². The average Bonchev–Trinajstić information content (AvgIpc) is 2.47. The molecule has 0 aromatic carbocycles. The van der Waals surface area contributed by atoms with Crippen LogP contribution < -0.4 is 9.44 Å². The Morgan fingerprint density at radius 2 is 1.40 bits per heavy atom. The second-order valence-electron chi connectivity index (χ2n) is 6.04. The summed E-state index contributed by atoms with van der Waals surface area (Å²) in [5.74, 6) is 0.716. The Labute approximate surface area is 129 Å². The van der Waals surface area contributed by atoms with Gasteiger partial charge in [0.15, 0.2) is 0 Å². The van der Waals surface area contributed by atoms with Gasteiger partial charge in [-0.2, -0.15) is 0 Å². The van der Waals surface area contributed by atoms with Crippen molar-refractivity contribution in [2.45, 2.75) is 72.6 Å². The molecule has 0 amide bonds. The van der Waals surface area contributed by atoms with Gasteiger partial charge >= 0.3 is 129 Å². The average molecular weight is 383 g/mol. The van der Waals surface area contributed by atoms with E-state index in [9.17, 15) is 0 Å². The second-order valence-corrected chi connectivity index (χ2v) is 19.1. The van der Waals surface area contributed by atoms with Gasteiger partial charge in [-0.05, 0) is 0 Å². The van der Waals surface area contributed by atoms with Crippen LogP contribution in [0.2, 0.25) is 13.3 Å². The van der Waals surface area contributed by atoms with Crippen LogP contribution in [0.4, 0.5) is 5.82 Å². The minimum absolute atomic E-state index is 0.716. The summed E-state index contributed by atoms with van der Waals surface area (Å²) in [5.41, 5.74) is 5.96. The van der Waals surface area contributed by atoms with Crippen molar-refractivity contribution < 1.29 is 0 Å². The van der Waals surface area contributed by atoms with Crippen LogP contribution in [0.3, 0.4) is 0 Å². The summed E-state index contributed by atoms with van der Waals surface area (Å²) in [7, 11) is 0. The Kier molecular flexibility index (Phi) is 8.58. The Hall–Kier alpha value is -0.251. The third-order valence-electron chi connectivity index (χ3n) is 4.34. The molecule has 1 aromatic rings. The van der Waals surface area contributed by atoms with Crippen molar-refractivity contribution in [1.29, 1.82) is 0 Å². The summed E-state index contributed by atoms with van der Waals surface area (Å²) in [5, 5.41) is 0. The van der Waals surface area contributed by atoms with Gasteiger partial charge in [0.05, 0.1) is 0 Å². The third kappa shape index (κ3) is 5.27. The summed E-state index contributed by atoms with van der Waals surface area (Å²) in [6.07, 6.45) is 8.04. The topological polar surface area (TPSA) is 38.9 Å². The van der Waals surface area contributed by atoms with Crippen molar-refractivity contribution in [3.8, 4) is 0 Å². The number of pyridine rings is 1. The molecule has 0 spiro atoms. The number of rotatable bonds is 10. The van der Waals surface area contributed by atoms with Crippen LogP contribution in [0.25, 0.3) is 0 Å². The Balaban J connectivity index is 3.04. The maximum atomic E-state index is 5.96. The molecule has 0 aliphatic rings. The Morgan fingerprint density at radius 1 is 0.900 bits per heavy atom. The molecule has 3 heteroatoms. The second kappa shape index (κ2) is 9.64. The fourth-order valence-corrected chi connectivity index (χ4v) is 18.5. The first-order chi connectivity index (χ1) is 9.68. The first kappa shape index (κ1) is 17.8. The zero-order chi connectivity index (χ0) is 14.8. The third-order valence-corrected chi connectivity index (χ3v) is 19.5. The number of aromatic nitrogens is 1. The van der Waals surface area contributed by atoms with Gasteiger partial charge in [0.1, 0.15) is 0 Å². The summed E-state index contributed by atoms with van der Waals surface area (Å²) >= 11 is -2.33. The molecular formula is C17H32N2Sn. The zero-order valence-corrected chi connectivity index (χ0v) is 16.5. The van der Waals surface area contributed by atoms with Crippen molar-refractivity contribution in [1.82, 2.24) is 4.98 Å². The van der Waals surface area contributed by atoms with Crippen molar-refractivity contribution >= 4 is 27.9 Å². The van der Waals surface area contributed by atoms with E-state index in [1.807, 2.05) is 6.07 Å². The molecule has 1 rings (SSSR count). The standard InChI is InChI=1S/C5H5N2.3C4H9.Sn/c6-5-3-1-2-4-7-5;3*1-3-4-2;/h1-3H,(H2,6,7);3*1,3-4H2,2H3;. The van der Waals surface area contributed by atoms with E-state index in [4.69, 9.17) is 10.7 Å². The Bertz CT molecular complexity index is 357. The molecule has 0 radical (unpaired) electrons. The van der Waals surface area contributed by atoms with Gasteiger partial charge in [0, 0.05) is 0 Å². The number of nitrogen functional groups attached to an aromatic ring is 1. The van der Waals surface area contributed by atoms with E-state index in [1.54, 1.807) is 0 Å². The number of nitrogens with zero attached hydrogens (tertiary/aromatic N) is 1. The molecule has 1 heterocycles. The SMILES string of the molecule is CCC[CH2][Sn]([CH2]CCC)([CH2]CCC)[c]1cccc(N)n1. The maximum absolute atomic E-state index is 5.96. The first-order valence-corrected chi connectivity index (χ1v) is 15.9. The van der Waals surface area contributed by atoms with E-state index in [2.05, 4.69) is 32.9 Å². The van der Waals surface area contributed by atoms with Crippen molar-refractivity contribution in [3.05, 3.63) is 18.2 Å². The van der Waals surface area contributed by atoms with Gasteiger partial charge < -0.3 is 0 Å². The van der Waals surface area contributed by atoms with E-state index < -0.39 is 18.4 Å². The number of hydrogen-bond acceptors (Lipinski definition) is 2. The van der Waals surface area contributed by atoms with Crippen LogP contribution in [-0.2, 0) is 0 Å². The monoisotopic (exact) mass is 384 g/mol. The molecule has 0 aliphatic heterocycles. The number of anilines is 1. The predicted molar refractivity (Wildman–Crippen MR) is 93.2 cm³/mol. The Morgan fingerprint density at radius 3 is 1.80 bits per heavy atom. The van der Waals surface area contributed by atoms with Gasteiger partial charge in [-0.1, -0.05) is 0 Å². The number of unbranched alkanes of at least 4 members (excludes halogenated alkanes) is 3. The predicted octanol–water partition coefficient (Wildman–Crippen LogP) is 4.72. The molecule has 0 fully saturated rings. The quantitative estimate of drug-likeness (QED) is 0.594. The molecule has 0 saturated carbocycles. The van der Waals surface area contributed by atoms with E-state index >= 15 is 0 Å². The molecular weight excluding hydrogens is 351 g/mol. The van der Waals surface area contributed by atoms with E-state index in [1.165, 1.54) is 55.5 Å². The molecule has 2 nitrogen and oxygen atoms in total. The van der Waals surface area contributed by atoms with Crippen molar-refractivity contribution in [3.63, 3.8) is 0 Å². The molecule has 0 aliphatic carbocycles. The summed E-state index contributed by atoms with van der Waals surface area (Å²) in [6, 6.07) is 6.33. The molecule has 20 heavy (non-hydrogen) atoms. The van der Waals surface area contributed by atoms with Gasteiger partial charge in [-0.15, -0.1) is 0 Å². The molecule has 0 atom stereocenters. The zero-order valence-electron chi connectivity index (χ0n) is 13.6. The fourth-order valence-electron chi connectivity index (χ4n) is 3.05. The van der Waals surface area contributed by atoms with Gasteiger partial charge in [-0.25, -0.2) is 0 Å². The van der Waals surface area contributed by atoms with Gasteiger partial charge in [-0.3, -0.25) is 0 Å². The fraction of sp³-hybridized carbons (Fsp3) is 0.706. The van der Waals surface area contributed by atoms with Crippen molar-refractivity contribution in [2.75, 3.05) is 5.73 Å². The molecule has 1 aromatic heterocycles. The summed E-state index contributed by atoms with van der Waals surface area (Å²) in [6.45, 7) is 6.93. The van der Waals surface area contributed by atoms with Crippen LogP contribution in [0.1, 0.15) is 59.3 Å². The number of hydrogen-bond donors (Lipinski definition) is 1. The normalized spacial score (nSPS) is 11.8. The molecule has 0 unspecified atom stereocenters. The number of nitrogens with two attached hydrogens (primary N) is 1. The van der Waals surface area contributed by atoms with Crippen LogP contribution >= 0.6 is 0 Å². The summed E-state index contributed by atoms with van der Waals surface area (Å²) < 4.78 is 5.82. The molecule has 2 N–H and O–H groups in total. The summed E-state index contributed by atoms with van der Waals surface area (Å²) in [4.78, 5) is 4.78. The van der Waals surface area contributed by atoms with Crippen LogP contribution in [0.5, 0.6) is 0 Å². The van der Waals surface area contributed by atoms with E-state index in [0.717, 1.165) is 0 Å². The van der Waals surface area contributed by atoms with Gasteiger partial charge in [0.25, 0.3) is 0 Å². The van der Waals surface area contributed by atoms with E-state index in [0.29, 0.717) is 5.82 Å². The molecule has 114 valence electrons. The van der Waals surface area contributed by atoms with Crippen LogP contribution in [-0.4, -0.2) is 23.4 Å². The van der Waals surface area contributed by atoms with Crippen LogP contribution in [0.15, 0.2) is 18.2 Å². The van der Waals surface area contributed by atoms with Crippen molar-refractivity contribution in [2.24, 2.45) is 0 Å². The first-order valence-electron chi connectivity index (χ1n) is 8.41. The molecule has 0 saturated heterocycles. The van der Waals surface area contributed by atoms with Gasteiger partial charge in [0.2, 0.25) is 0 Å².